The number of hydrogen-bond acceptors (Lipinski definition) is 4. The molecule has 0 aliphatic carbocycles. The largest absolute Gasteiger partial charge is 0.299 e. The molecule has 1 heterocycles. The van der Waals surface area contributed by atoms with Crippen LogP contribution in [0.3, 0.4) is 0 Å². The average molecular weight is 300 g/mol. The van der Waals surface area contributed by atoms with Gasteiger partial charge in [0.2, 0.25) is 0 Å². The molecule has 0 aromatic carbocycles. The Morgan fingerprint density at radius 2 is 2.31 bits per heavy atom. The highest BCUT2D eigenvalue weighted by atomic mass is 79.9. The SMILES string of the molecule is CC(C)NC(C#N)CSc1ccc(Br)cn1. The summed E-state index contributed by atoms with van der Waals surface area (Å²) < 4.78 is 0.967. The molecule has 0 aliphatic rings. The van der Waals surface area contributed by atoms with E-state index in [2.05, 4.69) is 32.3 Å². The van der Waals surface area contributed by atoms with E-state index in [4.69, 9.17) is 5.26 Å². The molecule has 86 valence electrons. The molecule has 0 aliphatic heterocycles. The standard InChI is InChI=1S/C11H14BrN3S/c1-8(2)15-10(5-13)7-16-11-4-3-9(12)6-14-11/h3-4,6,8,10,15H,7H2,1-2H3. The van der Waals surface area contributed by atoms with Crippen molar-refractivity contribution in [2.75, 3.05) is 5.75 Å². The zero-order chi connectivity index (χ0) is 12.0. The molecule has 1 aromatic rings. The van der Waals surface area contributed by atoms with Crippen molar-refractivity contribution in [3.8, 4) is 6.07 Å². The summed E-state index contributed by atoms with van der Waals surface area (Å²) in [6, 6.07) is 6.33. The normalized spacial score (nSPS) is 12.4. The molecule has 0 saturated carbocycles. The first kappa shape index (κ1) is 13.5. The van der Waals surface area contributed by atoms with Crippen molar-refractivity contribution in [1.29, 1.82) is 5.26 Å². The van der Waals surface area contributed by atoms with Gasteiger partial charge in [0, 0.05) is 22.5 Å². The molecular formula is C11H14BrN3S. The van der Waals surface area contributed by atoms with Crippen molar-refractivity contribution < 1.29 is 0 Å². The second-order valence-electron chi connectivity index (χ2n) is 3.63. The summed E-state index contributed by atoms with van der Waals surface area (Å²) in [5, 5.41) is 13.1. The molecule has 1 N–H and O–H groups in total. The van der Waals surface area contributed by atoms with Crippen LogP contribution in [0, 0.1) is 11.3 Å². The van der Waals surface area contributed by atoms with E-state index in [1.165, 1.54) is 0 Å². The summed E-state index contributed by atoms with van der Waals surface area (Å²) in [5.41, 5.74) is 0. The monoisotopic (exact) mass is 299 g/mol. The molecule has 1 aromatic heterocycles. The van der Waals surface area contributed by atoms with Crippen LogP contribution >= 0.6 is 27.7 Å². The summed E-state index contributed by atoms with van der Waals surface area (Å²) in [6.45, 7) is 4.07. The zero-order valence-corrected chi connectivity index (χ0v) is 11.7. The van der Waals surface area contributed by atoms with Gasteiger partial charge in [-0.25, -0.2) is 4.98 Å². The second-order valence-corrected chi connectivity index (χ2v) is 5.58. The van der Waals surface area contributed by atoms with Crippen molar-refractivity contribution in [2.24, 2.45) is 0 Å². The van der Waals surface area contributed by atoms with Gasteiger partial charge in [-0.15, -0.1) is 11.8 Å². The fourth-order valence-corrected chi connectivity index (χ4v) is 2.18. The fourth-order valence-electron chi connectivity index (χ4n) is 1.14. The Morgan fingerprint density at radius 1 is 1.56 bits per heavy atom. The number of nitrogens with one attached hydrogen (secondary N) is 1. The van der Waals surface area contributed by atoms with E-state index >= 15 is 0 Å². The van der Waals surface area contributed by atoms with Gasteiger partial charge in [-0.05, 0) is 41.9 Å². The van der Waals surface area contributed by atoms with E-state index < -0.39 is 0 Å². The van der Waals surface area contributed by atoms with Gasteiger partial charge in [0.1, 0.15) is 6.04 Å². The Balaban J connectivity index is 2.44. The highest BCUT2D eigenvalue weighted by molar-refractivity contribution is 9.10. The smallest absolute Gasteiger partial charge is 0.105 e. The minimum atomic E-state index is -0.129. The van der Waals surface area contributed by atoms with Crippen molar-refractivity contribution in [2.45, 2.75) is 31.0 Å². The molecule has 16 heavy (non-hydrogen) atoms. The van der Waals surface area contributed by atoms with Gasteiger partial charge in [0.15, 0.2) is 0 Å². The maximum atomic E-state index is 8.94. The van der Waals surface area contributed by atoms with Crippen LogP contribution in [0.5, 0.6) is 0 Å². The minimum absolute atomic E-state index is 0.129. The fraction of sp³-hybridized carbons (Fsp3) is 0.455. The summed E-state index contributed by atoms with van der Waals surface area (Å²) in [5.74, 6) is 0.712. The van der Waals surface area contributed by atoms with Gasteiger partial charge in [0.25, 0.3) is 0 Å². The number of hydrogen-bond donors (Lipinski definition) is 1. The Hall–Kier alpha value is -0.570. The van der Waals surface area contributed by atoms with Crippen molar-refractivity contribution in [3.63, 3.8) is 0 Å². The van der Waals surface area contributed by atoms with Crippen LogP contribution < -0.4 is 5.32 Å². The molecule has 0 radical (unpaired) electrons. The molecule has 0 amide bonds. The quantitative estimate of drug-likeness (QED) is 0.850. The molecule has 1 unspecified atom stereocenters. The third-order valence-corrected chi connectivity index (χ3v) is 3.29. The van der Waals surface area contributed by atoms with Gasteiger partial charge in [-0.3, -0.25) is 5.32 Å². The van der Waals surface area contributed by atoms with Crippen molar-refractivity contribution in [3.05, 3.63) is 22.8 Å². The Bertz CT molecular complexity index is 358. The van der Waals surface area contributed by atoms with E-state index in [0.29, 0.717) is 11.8 Å². The maximum absolute atomic E-state index is 8.94. The first-order valence-electron chi connectivity index (χ1n) is 5.02. The van der Waals surface area contributed by atoms with Crippen molar-refractivity contribution >= 4 is 27.7 Å². The molecular weight excluding hydrogens is 286 g/mol. The lowest BCUT2D eigenvalue weighted by Crippen LogP contribution is -2.35. The highest BCUT2D eigenvalue weighted by Gasteiger charge is 2.09. The van der Waals surface area contributed by atoms with Gasteiger partial charge >= 0.3 is 0 Å². The number of nitriles is 1. The topological polar surface area (TPSA) is 48.7 Å². The molecule has 1 rings (SSSR count). The first-order valence-corrected chi connectivity index (χ1v) is 6.79. The summed E-state index contributed by atoms with van der Waals surface area (Å²) in [4.78, 5) is 4.24. The third-order valence-electron chi connectivity index (χ3n) is 1.79. The van der Waals surface area contributed by atoms with E-state index in [-0.39, 0.29) is 6.04 Å². The average Bonchev–Trinajstić information content (AvgIpc) is 2.26. The zero-order valence-electron chi connectivity index (χ0n) is 9.27. The van der Waals surface area contributed by atoms with E-state index in [0.717, 1.165) is 9.50 Å². The highest BCUT2D eigenvalue weighted by Crippen LogP contribution is 2.18. The Kier molecular flexibility index (Phi) is 5.81. The summed E-state index contributed by atoms with van der Waals surface area (Å²) in [7, 11) is 0. The molecule has 5 heteroatoms. The number of halogens is 1. The maximum Gasteiger partial charge on any atom is 0.105 e. The number of thioether (sulfide) groups is 1. The predicted molar refractivity (Wildman–Crippen MR) is 70.3 cm³/mol. The van der Waals surface area contributed by atoms with Gasteiger partial charge in [-0.1, -0.05) is 0 Å². The number of nitrogens with zero attached hydrogens (tertiary/aromatic N) is 2. The molecule has 0 saturated heterocycles. The Labute approximate surface area is 109 Å². The molecule has 0 bridgehead atoms. The van der Waals surface area contributed by atoms with Crippen LogP contribution in [0.25, 0.3) is 0 Å². The van der Waals surface area contributed by atoms with Gasteiger partial charge in [-0.2, -0.15) is 5.26 Å². The van der Waals surface area contributed by atoms with E-state index in [1.807, 2.05) is 26.0 Å². The van der Waals surface area contributed by atoms with Crippen LogP contribution in [-0.4, -0.2) is 22.8 Å². The summed E-state index contributed by atoms with van der Waals surface area (Å²) >= 11 is 4.92. The van der Waals surface area contributed by atoms with E-state index in [9.17, 15) is 0 Å². The third kappa shape index (κ3) is 4.97. The predicted octanol–water partition coefficient (Wildman–Crippen LogP) is 2.83. The lowest BCUT2D eigenvalue weighted by atomic mass is 10.3. The molecule has 0 fully saturated rings. The van der Waals surface area contributed by atoms with Gasteiger partial charge in [0.05, 0.1) is 11.1 Å². The van der Waals surface area contributed by atoms with Crippen LogP contribution in [0.4, 0.5) is 0 Å². The molecule has 3 nitrogen and oxygen atoms in total. The minimum Gasteiger partial charge on any atom is -0.299 e. The van der Waals surface area contributed by atoms with Crippen LogP contribution in [0.15, 0.2) is 27.8 Å². The number of aromatic nitrogens is 1. The van der Waals surface area contributed by atoms with Crippen LogP contribution in [0.2, 0.25) is 0 Å². The summed E-state index contributed by atoms with van der Waals surface area (Å²) in [6.07, 6.45) is 1.76. The first-order chi connectivity index (χ1) is 7.61. The van der Waals surface area contributed by atoms with Crippen LogP contribution in [-0.2, 0) is 0 Å². The second kappa shape index (κ2) is 6.89. The van der Waals surface area contributed by atoms with Crippen molar-refractivity contribution in [1.82, 2.24) is 10.3 Å². The molecule has 0 spiro atoms. The van der Waals surface area contributed by atoms with E-state index in [1.54, 1.807) is 18.0 Å². The Morgan fingerprint density at radius 3 is 2.81 bits per heavy atom. The lowest BCUT2D eigenvalue weighted by Gasteiger charge is -2.13. The van der Waals surface area contributed by atoms with Gasteiger partial charge < -0.3 is 0 Å². The van der Waals surface area contributed by atoms with Crippen LogP contribution in [0.1, 0.15) is 13.8 Å². The molecule has 1 atom stereocenters. The number of rotatable bonds is 5. The number of pyridine rings is 1. The lowest BCUT2D eigenvalue weighted by molar-refractivity contribution is 0.560.